The predicted octanol–water partition coefficient (Wildman–Crippen LogP) is 2.21. The number of piperidine rings is 1. The summed E-state index contributed by atoms with van der Waals surface area (Å²) in [5, 5.41) is 7.53. The maximum Gasteiger partial charge on any atom is 0.123 e. The molecule has 1 saturated heterocycles. The number of nitrogen functional groups attached to an aromatic ring is 1. The second-order valence-corrected chi connectivity index (χ2v) is 5.40. The van der Waals surface area contributed by atoms with Gasteiger partial charge in [0.05, 0.1) is 7.11 Å². The van der Waals surface area contributed by atoms with Gasteiger partial charge in [0.2, 0.25) is 0 Å². The lowest BCUT2D eigenvalue weighted by Gasteiger charge is -2.30. The summed E-state index contributed by atoms with van der Waals surface area (Å²) in [7, 11) is 1.69. The average Bonchev–Trinajstić information content (AvgIpc) is 2.41. The lowest BCUT2D eigenvalue weighted by molar-refractivity contribution is 0.183. The predicted molar refractivity (Wildman–Crippen MR) is 77.7 cm³/mol. The Hall–Kier alpha value is -1.55. The minimum Gasteiger partial charge on any atom is -0.496 e. The number of rotatable bonds is 4. The summed E-state index contributed by atoms with van der Waals surface area (Å²) in [4.78, 5) is 2.45. The van der Waals surface area contributed by atoms with E-state index in [4.69, 9.17) is 15.9 Å². The molecule has 0 saturated carbocycles. The van der Waals surface area contributed by atoms with E-state index >= 15 is 0 Å². The molecule has 1 aliphatic rings. The van der Waals surface area contributed by atoms with E-state index < -0.39 is 0 Å². The number of hydrogen-bond acceptors (Lipinski definition) is 3. The Morgan fingerprint density at radius 3 is 2.68 bits per heavy atom. The van der Waals surface area contributed by atoms with Gasteiger partial charge in [-0.1, -0.05) is 6.92 Å². The minimum atomic E-state index is 0.108. The van der Waals surface area contributed by atoms with Gasteiger partial charge in [-0.3, -0.25) is 10.3 Å². The Labute approximate surface area is 115 Å². The summed E-state index contributed by atoms with van der Waals surface area (Å²) in [6.07, 6.45) is 2.52. The summed E-state index contributed by atoms with van der Waals surface area (Å²) in [6.45, 7) is 5.45. The van der Waals surface area contributed by atoms with E-state index in [0.29, 0.717) is 0 Å². The van der Waals surface area contributed by atoms with Crippen LogP contribution in [-0.2, 0) is 6.54 Å². The summed E-state index contributed by atoms with van der Waals surface area (Å²) >= 11 is 0. The SMILES string of the molecule is COc1ccc(C(=N)N)cc1CN1CCC(C)CC1. The summed E-state index contributed by atoms with van der Waals surface area (Å²) in [5.41, 5.74) is 7.43. The maximum atomic E-state index is 7.53. The van der Waals surface area contributed by atoms with Crippen LogP contribution in [0.5, 0.6) is 5.75 Å². The number of nitrogens with one attached hydrogen (secondary N) is 1. The van der Waals surface area contributed by atoms with Gasteiger partial charge < -0.3 is 10.5 Å². The van der Waals surface area contributed by atoms with Gasteiger partial charge in [0, 0.05) is 17.7 Å². The molecule has 1 aromatic rings. The van der Waals surface area contributed by atoms with Gasteiger partial charge in [0.25, 0.3) is 0 Å². The van der Waals surface area contributed by atoms with E-state index in [-0.39, 0.29) is 5.84 Å². The molecule has 104 valence electrons. The van der Waals surface area contributed by atoms with E-state index in [9.17, 15) is 0 Å². The molecular formula is C15H23N3O. The normalized spacial score (nSPS) is 17.4. The van der Waals surface area contributed by atoms with Crippen molar-refractivity contribution in [2.45, 2.75) is 26.3 Å². The van der Waals surface area contributed by atoms with Crippen molar-refractivity contribution >= 4 is 5.84 Å². The van der Waals surface area contributed by atoms with Crippen molar-refractivity contribution in [1.29, 1.82) is 5.41 Å². The molecule has 4 nitrogen and oxygen atoms in total. The second-order valence-electron chi connectivity index (χ2n) is 5.40. The molecule has 19 heavy (non-hydrogen) atoms. The fourth-order valence-corrected chi connectivity index (χ4v) is 2.53. The van der Waals surface area contributed by atoms with Crippen molar-refractivity contribution in [3.63, 3.8) is 0 Å². The van der Waals surface area contributed by atoms with Crippen LogP contribution in [0.4, 0.5) is 0 Å². The first-order valence-electron chi connectivity index (χ1n) is 6.84. The number of nitrogens with two attached hydrogens (primary N) is 1. The Bertz CT molecular complexity index is 451. The van der Waals surface area contributed by atoms with Crippen LogP contribution in [0.2, 0.25) is 0 Å². The topological polar surface area (TPSA) is 62.3 Å². The summed E-state index contributed by atoms with van der Waals surface area (Å²) in [6, 6.07) is 5.71. The molecule has 4 heteroatoms. The second kappa shape index (κ2) is 6.06. The molecule has 0 atom stereocenters. The third-order valence-corrected chi connectivity index (χ3v) is 3.86. The molecular weight excluding hydrogens is 238 g/mol. The van der Waals surface area contributed by atoms with Crippen LogP contribution < -0.4 is 10.5 Å². The van der Waals surface area contributed by atoms with Gasteiger partial charge in [0.15, 0.2) is 0 Å². The number of methoxy groups -OCH3 is 1. The van der Waals surface area contributed by atoms with Crippen LogP contribution in [0.15, 0.2) is 18.2 Å². The molecule has 1 fully saturated rings. The third kappa shape index (κ3) is 3.47. The molecule has 0 aliphatic carbocycles. The van der Waals surface area contributed by atoms with Crippen molar-refractivity contribution in [2.75, 3.05) is 20.2 Å². The molecule has 0 unspecified atom stereocenters. The average molecular weight is 261 g/mol. The first-order valence-corrected chi connectivity index (χ1v) is 6.84. The largest absolute Gasteiger partial charge is 0.496 e. The molecule has 2 rings (SSSR count). The third-order valence-electron chi connectivity index (χ3n) is 3.86. The van der Waals surface area contributed by atoms with Crippen LogP contribution in [0.1, 0.15) is 30.9 Å². The molecule has 1 heterocycles. The van der Waals surface area contributed by atoms with Gasteiger partial charge in [0.1, 0.15) is 11.6 Å². The summed E-state index contributed by atoms with van der Waals surface area (Å²) in [5.74, 6) is 1.82. The zero-order valence-corrected chi connectivity index (χ0v) is 11.8. The lowest BCUT2D eigenvalue weighted by atomic mass is 9.98. The van der Waals surface area contributed by atoms with E-state index in [2.05, 4.69) is 11.8 Å². The van der Waals surface area contributed by atoms with Crippen molar-refractivity contribution < 1.29 is 4.74 Å². The fourth-order valence-electron chi connectivity index (χ4n) is 2.53. The van der Waals surface area contributed by atoms with Gasteiger partial charge in [-0.15, -0.1) is 0 Å². The Balaban J connectivity index is 2.13. The quantitative estimate of drug-likeness (QED) is 0.645. The Kier molecular flexibility index (Phi) is 4.43. The number of ether oxygens (including phenoxy) is 1. The highest BCUT2D eigenvalue weighted by Crippen LogP contribution is 2.24. The highest BCUT2D eigenvalue weighted by atomic mass is 16.5. The van der Waals surface area contributed by atoms with Crippen LogP contribution >= 0.6 is 0 Å². The Morgan fingerprint density at radius 2 is 2.11 bits per heavy atom. The van der Waals surface area contributed by atoms with E-state index in [1.165, 1.54) is 12.8 Å². The number of nitrogens with zero attached hydrogens (tertiary/aromatic N) is 1. The van der Waals surface area contributed by atoms with Gasteiger partial charge in [-0.2, -0.15) is 0 Å². The van der Waals surface area contributed by atoms with Crippen LogP contribution in [0.3, 0.4) is 0 Å². The van der Waals surface area contributed by atoms with Crippen molar-refractivity contribution in [3.05, 3.63) is 29.3 Å². The molecule has 0 amide bonds. The standard InChI is InChI=1S/C15H23N3O/c1-11-5-7-18(8-6-11)10-13-9-12(15(16)17)3-4-14(13)19-2/h3-4,9,11H,5-8,10H2,1-2H3,(H3,16,17). The van der Waals surface area contributed by atoms with Gasteiger partial charge in [-0.05, 0) is 50.0 Å². The maximum absolute atomic E-state index is 7.53. The Morgan fingerprint density at radius 1 is 1.42 bits per heavy atom. The van der Waals surface area contributed by atoms with E-state index in [1.54, 1.807) is 7.11 Å². The molecule has 0 bridgehead atoms. The molecule has 0 aromatic heterocycles. The zero-order valence-electron chi connectivity index (χ0n) is 11.8. The smallest absolute Gasteiger partial charge is 0.123 e. The highest BCUT2D eigenvalue weighted by molar-refractivity contribution is 5.95. The summed E-state index contributed by atoms with van der Waals surface area (Å²) < 4.78 is 5.40. The monoisotopic (exact) mass is 261 g/mol. The van der Waals surface area contributed by atoms with E-state index in [1.807, 2.05) is 18.2 Å². The van der Waals surface area contributed by atoms with Gasteiger partial charge >= 0.3 is 0 Å². The molecule has 1 aliphatic heterocycles. The molecule has 3 N–H and O–H groups in total. The first-order chi connectivity index (χ1) is 9.10. The van der Waals surface area contributed by atoms with Crippen molar-refractivity contribution in [2.24, 2.45) is 11.7 Å². The van der Waals surface area contributed by atoms with Crippen LogP contribution in [0, 0.1) is 11.3 Å². The molecule has 1 aromatic carbocycles. The first kappa shape index (κ1) is 13.9. The zero-order chi connectivity index (χ0) is 13.8. The minimum absolute atomic E-state index is 0.108. The molecule has 0 spiro atoms. The number of hydrogen-bond donors (Lipinski definition) is 2. The number of likely N-dealkylation sites (tertiary alicyclic amines) is 1. The lowest BCUT2D eigenvalue weighted by Crippen LogP contribution is -2.32. The molecule has 0 radical (unpaired) electrons. The van der Waals surface area contributed by atoms with Crippen molar-refractivity contribution in [3.8, 4) is 5.75 Å². The number of amidine groups is 1. The van der Waals surface area contributed by atoms with E-state index in [0.717, 1.165) is 42.4 Å². The van der Waals surface area contributed by atoms with Gasteiger partial charge in [-0.25, -0.2) is 0 Å². The highest BCUT2D eigenvalue weighted by Gasteiger charge is 2.17. The van der Waals surface area contributed by atoms with Crippen LogP contribution in [0.25, 0.3) is 0 Å². The van der Waals surface area contributed by atoms with Crippen LogP contribution in [-0.4, -0.2) is 30.9 Å². The number of benzene rings is 1. The fraction of sp³-hybridized carbons (Fsp3) is 0.533. The van der Waals surface area contributed by atoms with Crippen molar-refractivity contribution in [1.82, 2.24) is 4.90 Å².